The van der Waals surface area contributed by atoms with Crippen molar-refractivity contribution in [1.82, 2.24) is 9.80 Å². The molecule has 5 rings (SSSR count). The number of fused-ring (bicyclic) bond motifs is 1. The summed E-state index contributed by atoms with van der Waals surface area (Å²) < 4.78 is 49.1. The van der Waals surface area contributed by atoms with Crippen molar-refractivity contribution in [2.24, 2.45) is 5.92 Å². The molecule has 0 aromatic heterocycles. The lowest BCUT2D eigenvalue weighted by Gasteiger charge is -2.35. The lowest BCUT2D eigenvalue weighted by molar-refractivity contribution is -0.208. The number of aliphatic hydroxyl groups is 1. The summed E-state index contributed by atoms with van der Waals surface area (Å²) in [5, 5.41) is 9.26. The first-order valence-corrected chi connectivity index (χ1v) is 11.9. The zero-order valence-corrected chi connectivity index (χ0v) is 18.6. The van der Waals surface area contributed by atoms with Gasteiger partial charge < -0.3 is 24.4 Å². The number of ether oxygens (including phenoxy) is 2. The summed E-state index contributed by atoms with van der Waals surface area (Å²) in [6, 6.07) is 6.12. The number of alkyl halides is 3. The molecule has 3 aliphatic heterocycles. The number of hydrogen-bond acceptors (Lipinski definition) is 5. The van der Waals surface area contributed by atoms with Gasteiger partial charge in [-0.15, -0.1) is 0 Å². The standard InChI is InChI=1S/C24H31F3N2O4/c25-24(26,27)21(30)22(31)29-14-23(29)9-4-16(5-10-23)6-11-28-12-7-17(8-13-28)18-2-1-3-19-20(18)33-15-32-19/h1-3,16-17,21,30H,4-15H2/t16?,21-,23?,29?/m1/s1. The van der Waals surface area contributed by atoms with Crippen molar-refractivity contribution < 1.29 is 32.5 Å². The molecule has 33 heavy (non-hydrogen) atoms. The molecule has 182 valence electrons. The second kappa shape index (κ2) is 8.65. The number of hydrogen-bond donors (Lipinski definition) is 1. The Bertz CT molecular complexity index is 877. The Morgan fingerprint density at radius 2 is 1.88 bits per heavy atom. The molecule has 1 aromatic carbocycles. The molecule has 3 heterocycles. The summed E-state index contributed by atoms with van der Waals surface area (Å²) in [6.45, 7) is 3.76. The van der Waals surface area contributed by atoms with E-state index in [0.717, 1.165) is 76.1 Å². The topological polar surface area (TPSA) is 62.0 Å². The van der Waals surface area contributed by atoms with E-state index in [1.54, 1.807) is 0 Å². The molecule has 1 amide bonds. The van der Waals surface area contributed by atoms with Crippen LogP contribution in [-0.2, 0) is 4.79 Å². The van der Waals surface area contributed by atoms with Crippen LogP contribution in [0, 0.1) is 5.92 Å². The predicted octanol–water partition coefficient (Wildman–Crippen LogP) is 3.68. The van der Waals surface area contributed by atoms with Crippen LogP contribution in [0.15, 0.2) is 18.2 Å². The van der Waals surface area contributed by atoms with E-state index in [1.807, 2.05) is 12.1 Å². The highest BCUT2D eigenvalue weighted by Crippen LogP contribution is 2.48. The maximum atomic E-state index is 12.6. The number of carbonyl (C=O) groups is 1. The number of halogens is 3. The third-order valence-corrected chi connectivity index (χ3v) is 8.08. The monoisotopic (exact) mass is 468 g/mol. The van der Waals surface area contributed by atoms with Crippen molar-refractivity contribution in [3.05, 3.63) is 23.8 Å². The van der Waals surface area contributed by atoms with Crippen LogP contribution >= 0.6 is 0 Å². The average Bonchev–Trinajstić information content (AvgIpc) is 3.28. The lowest BCUT2D eigenvalue weighted by Crippen LogP contribution is -2.42. The Labute approximate surface area is 191 Å². The summed E-state index contributed by atoms with van der Waals surface area (Å²) >= 11 is 0. The smallest absolute Gasteiger partial charge is 0.423 e. The molecule has 1 aromatic rings. The first kappa shape index (κ1) is 22.8. The molecule has 1 aliphatic carbocycles. The van der Waals surface area contributed by atoms with Gasteiger partial charge in [-0.2, -0.15) is 13.2 Å². The molecule has 1 spiro atoms. The molecule has 0 bridgehead atoms. The van der Waals surface area contributed by atoms with E-state index in [-0.39, 0.29) is 0 Å². The summed E-state index contributed by atoms with van der Waals surface area (Å²) in [4.78, 5) is 15.7. The van der Waals surface area contributed by atoms with E-state index in [1.165, 1.54) is 10.5 Å². The van der Waals surface area contributed by atoms with Crippen molar-refractivity contribution in [1.29, 1.82) is 0 Å². The van der Waals surface area contributed by atoms with E-state index in [9.17, 15) is 23.1 Å². The van der Waals surface area contributed by atoms with Gasteiger partial charge in [-0.3, -0.25) is 4.79 Å². The van der Waals surface area contributed by atoms with Gasteiger partial charge in [0.05, 0.1) is 5.54 Å². The maximum Gasteiger partial charge on any atom is 0.423 e. The number of benzene rings is 1. The number of piperidine rings is 1. The quantitative estimate of drug-likeness (QED) is 0.668. The molecule has 1 saturated carbocycles. The third-order valence-electron chi connectivity index (χ3n) is 8.08. The fourth-order valence-electron chi connectivity index (χ4n) is 5.90. The van der Waals surface area contributed by atoms with E-state index < -0.39 is 23.7 Å². The van der Waals surface area contributed by atoms with Crippen molar-refractivity contribution in [3.8, 4) is 11.5 Å². The highest BCUT2D eigenvalue weighted by molar-refractivity contribution is 5.85. The molecule has 4 aliphatic rings. The lowest BCUT2D eigenvalue weighted by atomic mass is 9.79. The second-order valence-electron chi connectivity index (χ2n) is 10.0. The Morgan fingerprint density at radius 3 is 2.58 bits per heavy atom. The van der Waals surface area contributed by atoms with Gasteiger partial charge >= 0.3 is 6.18 Å². The number of aliphatic hydroxyl groups excluding tert-OH is 1. The van der Waals surface area contributed by atoms with Crippen molar-refractivity contribution in [2.45, 2.75) is 68.7 Å². The van der Waals surface area contributed by atoms with Gasteiger partial charge in [0.15, 0.2) is 11.5 Å². The van der Waals surface area contributed by atoms with Gasteiger partial charge in [-0.05, 0) is 82.5 Å². The van der Waals surface area contributed by atoms with Crippen LogP contribution in [0.3, 0.4) is 0 Å². The highest BCUT2D eigenvalue weighted by Gasteiger charge is 2.59. The zero-order chi connectivity index (χ0) is 23.2. The fraction of sp³-hybridized carbons (Fsp3) is 0.708. The van der Waals surface area contributed by atoms with Gasteiger partial charge in [0, 0.05) is 12.1 Å². The minimum Gasteiger partial charge on any atom is -0.454 e. The predicted molar refractivity (Wildman–Crippen MR) is 114 cm³/mol. The number of nitrogens with zero attached hydrogens (tertiary/aromatic N) is 2. The molecule has 0 unspecified atom stereocenters. The van der Waals surface area contributed by atoms with Gasteiger partial charge in [0.25, 0.3) is 5.91 Å². The van der Waals surface area contributed by atoms with Crippen LogP contribution in [0.4, 0.5) is 13.2 Å². The number of para-hydroxylation sites is 1. The molecule has 1 atom stereocenters. The largest absolute Gasteiger partial charge is 0.454 e. The number of carbonyl (C=O) groups excluding carboxylic acids is 1. The number of rotatable bonds is 5. The fourth-order valence-corrected chi connectivity index (χ4v) is 5.90. The molecule has 9 heteroatoms. The van der Waals surface area contributed by atoms with E-state index in [2.05, 4.69) is 11.0 Å². The third kappa shape index (κ3) is 4.54. The Morgan fingerprint density at radius 1 is 1.15 bits per heavy atom. The van der Waals surface area contributed by atoms with Gasteiger partial charge in [0.2, 0.25) is 12.9 Å². The van der Waals surface area contributed by atoms with E-state index >= 15 is 0 Å². The zero-order valence-electron chi connectivity index (χ0n) is 18.6. The molecule has 3 fully saturated rings. The molecule has 1 N–H and O–H groups in total. The van der Waals surface area contributed by atoms with Crippen molar-refractivity contribution in [3.63, 3.8) is 0 Å². The summed E-state index contributed by atoms with van der Waals surface area (Å²) in [7, 11) is 0. The molecular weight excluding hydrogens is 437 g/mol. The van der Waals surface area contributed by atoms with Crippen LogP contribution < -0.4 is 9.47 Å². The summed E-state index contributed by atoms with van der Waals surface area (Å²) in [5.41, 5.74) is 0.807. The summed E-state index contributed by atoms with van der Waals surface area (Å²) in [6.07, 6.45) is -1.21. The molecular formula is C24H31F3N2O4. The minimum absolute atomic E-state index is 0.294. The van der Waals surface area contributed by atoms with Crippen LogP contribution in [0.5, 0.6) is 11.5 Å². The SMILES string of the molecule is O=C([C@@H](O)C(F)(F)F)N1CC12CCC(CCN1CCC(c3cccc4c3OCO4)CC1)CC2. The van der Waals surface area contributed by atoms with Crippen LogP contribution in [0.25, 0.3) is 0 Å². The van der Waals surface area contributed by atoms with Gasteiger partial charge in [-0.25, -0.2) is 0 Å². The van der Waals surface area contributed by atoms with Crippen LogP contribution in [-0.4, -0.2) is 71.6 Å². The first-order valence-electron chi connectivity index (χ1n) is 11.9. The second-order valence-corrected chi connectivity index (χ2v) is 10.0. The highest BCUT2D eigenvalue weighted by atomic mass is 19.4. The number of likely N-dealkylation sites (tertiary alicyclic amines) is 1. The minimum atomic E-state index is -4.90. The first-order chi connectivity index (χ1) is 15.8. The Hall–Kier alpha value is -2.00. The van der Waals surface area contributed by atoms with Crippen LogP contribution in [0.2, 0.25) is 0 Å². The van der Waals surface area contributed by atoms with E-state index in [4.69, 9.17) is 9.47 Å². The van der Waals surface area contributed by atoms with Gasteiger partial charge in [-0.1, -0.05) is 12.1 Å². The molecule has 6 nitrogen and oxygen atoms in total. The van der Waals surface area contributed by atoms with E-state index in [0.29, 0.717) is 25.2 Å². The normalized spacial score (nSPS) is 28.8. The molecule has 0 radical (unpaired) electrons. The van der Waals surface area contributed by atoms with Crippen molar-refractivity contribution >= 4 is 5.91 Å². The maximum absolute atomic E-state index is 12.6. The Balaban J connectivity index is 1.04. The van der Waals surface area contributed by atoms with Crippen molar-refractivity contribution in [2.75, 3.05) is 33.0 Å². The number of amides is 1. The molecule has 2 saturated heterocycles. The average molecular weight is 469 g/mol. The Kier molecular flexibility index (Phi) is 5.97. The van der Waals surface area contributed by atoms with Gasteiger partial charge in [0.1, 0.15) is 0 Å². The van der Waals surface area contributed by atoms with Crippen LogP contribution in [0.1, 0.15) is 56.4 Å². The summed E-state index contributed by atoms with van der Waals surface area (Å²) in [5.74, 6) is 1.58.